The number of halogens is 3. The minimum atomic E-state index is -2.86. The standard InChI is InChI=1S/C23H28F3N7O/c24-15-3-6-17-18(11-15)33(22(29-17)21(25)26)20-12-19(32-7-9-34-10-8-32)30-23(31-20)28-13-14-1-4-16(27)5-2-14/h3,6,11-12,14,16,21H,1-2,4-5,7-10,13,27H2,(H,28,30,31). The van der Waals surface area contributed by atoms with Crippen molar-refractivity contribution >= 4 is 22.8 Å². The zero-order valence-corrected chi connectivity index (χ0v) is 18.8. The second-order valence-corrected chi connectivity index (χ2v) is 8.91. The highest BCUT2D eigenvalue weighted by molar-refractivity contribution is 5.78. The Bertz CT molecular complexity index is 1140. The molecule has 11 heteroatoms. The Morgan fingerprint density at radius 1 is 1.03 bits per heavy atom. The topological polar surface area (TPSA) is 94.1 Å². The van der Waals surface area contributed by atoms with Crippen molar-refractivity contribution in [2.24, 2.45) is 11.7 Å². The third-order valence-corrected chi connectivity index (χ3v) is 6.54. The molecule has 5 rings (SSSR count). The molecule has 34 heavy (non-hydrogen) atoms. The summed E-state index contributed by atoms with van der Waals surface area (Å²) in [5.41, 5.74) is 6.52. The Morgan fingerprint density at radius 3 is 2.50 bits per heavy atom. The lowest BCUT2D eigenvalue weighted by Crippen LogP contribution is -2.37. The van der Waals surface area contributed by atoms with Crippen molar-refractivity contribution in [3.8, 4) is 5.82 Å². The van der Waals surface area contributed by atoms with Gasteiger partial charge in [0.1, 0.15) is 17.5 Å². The summed E-state index contributed by atoms with van der Waals surface area (Å²) in [4.78, 5) is 15.3. The first-order valence-electron chi connectivity index (χ1n) is 11.7. The number of imidazole rings is 1. The summed E-state index contributed by atoms with van der Waals surface area (Å²) in [6.07, 6.45) is 1.14. The van der Waals surface area contributed by atoms with Gasteiger partial charge in [-0.15, -0.1) is 0 Å². The summed E-state index contributed by atoms with van der Waals surface area (Å²) < 4.78 is 48.6. The molecule has 1 saturated carbocycles. The summed E-state index contributed by atoms with van der Waals surface area (Å²) >= 11 is 0. The highest BCUT2D eigenvalue weighted by atomic mass is 19.3. The molecule has 0 atom stereocenters. The molecule has 0 radical (unpaired) electrons. The van der Waals surface area contributed by atoms with Gasteiger partial charge >= 0.3 is 0 Å². The molecular weight excluding hydrogens is 447 g/mol. The largest absolute Gasteiger partial charge is 0.378 e. The number of fused-ring (bicyclic) bond motifs is 1. The molecular formula is C23H28F3N7O. The van der Waals surface area contributed by atoms with Gasteiger partial charge < -0.3 is 20.7 Å². The van der Waals surface area contributed by atoms with Crippen molar-refractivity contribution in [1.82, 2.24) is 19.5 Å². The number of hydrogen-bond donors (Lipinski definition) is 2. The summed E-state index contributed by atoms with van der Waals surface area (Å²) in [6, 6.07) is 5.70. The fraction of sp³-hybridized carbons (Fsp3) is 0.522. The number of anilines is 2. The second-order valence-electron chi connectivity index (χ2n) is 8.91. The van der Waals surface area contributed by atoms with Crippen LogP contribution >= 0.6 is 0 Å². The van der Waals surface area contributed by atoms with Crippen LogP contribution in [0.15, 0.2) is 24.3 Å². The van der Waals surface area contributed by atoms with Gasteiger partial charge in [-0.1, -0.05) is 0 Å². The lowest BCUT2D eigenvalue weighted by Gasteiger charge is -2.29. The number of nitrogens with one attached hydrogen (secondary N) is 1. The van der Waals surface area contributed by atoms with Crippen LogP contribution in [0.25, 0.3) is 16.9 Å². The maximum atomic E-state index is 14.0. The average molecular weight is 476 g/mol. The number of benzene rings is 1. The van der Waals surface area contributed by atoms with E-state index in [0.29, 0.717) is 50.5 Å². The molecule has 0 bridgehead atoms. The van der Waals surface area contributed by atoms with Crippen LogP contribution in [0, 0.1) is 11.7 Å². The van der Waals surface area contributed by atoms with Crippen LogP contribution in [0.3, 0.4) is 0 Å². The van der Waals surface area contributed by atoms with Crippen LogP contribution in [0.1, 0.15) is 37.9 Å². The van der Waals surface area contributed by atoms with Gasteiger partial charge in [0.2, 0.25) is 5.95 Å². The molecule has 1 saturated heterocycles. The molecule has 0 amide bonds. The summed E-state index contributed by atoms with van der Waals surface area (Å²) in [5.74, 6) is 0.573. The van der Waals surface area contributed by atoms with E-state index in [9.17, 15) is 13.2 Å². The zero-order chi connectivity index (χ0) is 23.7. The molecule has 3 aromatic rings. The van der Waals surface area contributed by atoms with E-state index in [2.05, 4.69) is 20.3 Å². The van der Waals surface area contributed by atoms with E-state index in [1.807, 2.05) is 4.90 Å². The Labute approximate surface area is 195 Å². The highest BCUT2D eigenvalue weighted by Crippen LogP contribution is 2.30. The highest BCUT2D eigenvalue weighted by Gasteiger charge is 2.24. The molecule has 2 aliphatic rings. The monoisotopic (exact) mass is 475 g/mol. The summed E-state index contributed by atoms with van der Waals surface area (Å²) in [7, 11) is 0. The van der Waals surface area contributed by atoms with Gasteiger partial charge in [-0.2, -0.15) is 9.97 Å². The molecule has 3 N–H and O–H groups in total. The summed E-state index contributed by atoms with van der Waals surface area (Å²) in [5, 5.41) is 3.30. The second kappa shape index (κ2) is 9.75. The molecule has 1 aliphatic carbocycles. The minimum absolute atomic E-state index is 0.216. The van der Waals surface area contributed by atoms with E-state index in [1.165, 1.54) is 22.8 Å². The van der Waals surface area contributed by atoms with Crippen LogP contribution in [-0.2, 0) is 4.74 Å². The number of morpholine rings is 1. The maximum absolute atomic E-state index is 14.0. The SMILES string of the molecule is NC1CCC(CNc2nc(N3CCOCC3)cc(-n3c(C(F)F)nc4ccc(F)cc43)n2)CC1. The van der Waals surface area contributed by atoms with Gasteiger partial charge in [0, 0.05) is 37.8 Å². The van der Waals surface area contributed by atoms with Crippen LogP contribution in [-0.4, -0.2) is 58.4 Å². The van der Waals surface area contributed by atoms with Crippen LogP contribution in [0.4, 0.5) is 24.9 Å². The number of aromatic nitrogens is 4. The van der Waals surface area contributed by atoms with E-state index < -0.39 is 18.1 Å². The molecule has 2 aromatic heterocycles. The quantitative estimate of drug-likeness (QED) is 0.562. The Morgan fingerprint density at radius 2 is 1.76 bits per heavy atom. The average Bonchev–Trinajstić information content (AvgIpc) is 3.23. The number of hydrogen-bond acceptors (Lipinski definition) is 7. The van der Waals surface area contributed by atoms with Crippen molar-refractivity contribution in [2.75, 3.05) is 43.1 Å². The molecule has 0 spiro atoms. The minimum Gasteiger partial charge on any atom is -0.378 e. The first kappa shape index (κ1) is 22.9. The first-order valence-corrected chi connectivity index (χ1v) is 11.7. The predicted molar refractivity (Wildman–Crippen MR) is 123 cm³/mol. The third-order valence-electron chi connectivity index (χ3n) is 6.54. The number of alkyl halides is 2. The van der Waals surface area contributed by atoms with Crippen LogP contribution in [0.2, 0.25) is 0 Å². The molecule has 1 aliphatic heterocycles. The molecule has 1 aromatic carbocycles. The van der Waals surface area contributed by atoms with Crippen molar-refractivity contribution in [3.05, 3.63) is 35.9 Å². The lowest BCUT2D eigenvalue weighted by atomic mass is 9.86. The Balaban J connectivity index is 1.54. The summed E-state index contributed by atoms with van der Waals surface area (Å²) in [6.45, 7) is 3.01. The number of ether oxygens (including phenoxy) is 1. The van der Waals surface area contributed by atoms with E-state index in [1.54, 1.807) is 6.07 Å². The third kappa shape index (κ3) is 4.80. The lowest BCUT2D eigenvalue weighted by molar-refractivity contribution is 0.122. The molecule has 182 valence electrons. The smallest absolute Gasteiger partial charge is 0.296 e. The van der Waals surface area contributed by atoms with Gasteiger partial charge in [0.05, 0.1) is 24.2 Å². The van der Waals surface area contributed by atoms with E-state index in [4.69, 9.17) is 10.5 Å². The fourth-order valence-electron chi connectivity index (χ4n) is 4.65. The molecule has 8 nitrogen and oxygen atoms in total. The van der Waals surface area contributed by atoms with Gasteiger partial charge in [0.25, 0.3) is 6.43 Å². The van der Waals surface area contributed by atoms with Crippen molar-refractivity contribution in [1.29, 1.82) is 0 Å². The van der Waals surface area contributed by atoms with Crippen molar-refractivity contribution in [2.45, 2.75) is 38.2 Å². The van der Waals surface area contributed by atoms with Crippen molar-refractivity contribution in [3.63, 3.8) is 0 Å². The van der Waals surface area contributed by atoms with Crippen LogP contribution in [0.5, 0.6) is 0 Å². The molecule has 2 fully saturated rings. The van der Waals surface area contributed by atoms with Gasteiger partial charge in [-0.25, -0.2) is 18.2 Å². The van der Waals surface area contributed by atoms with Crippen LogP contribution < -0.4 is 16.0 Å². The van der Waals surface area contributed by atoms with E-state index >= 15 is 0 Å². The van der Waals surface area contributed by atoms with Gasteiger partial charge in [-0.05, 0) is 43.7 Å². The Hall–Kier alpha value is -2.92. The Kier molecular flexibility index (Phi) is 6.55. The predicted octanol–water partition coefficient (Wildman–Crippen LogP) is 3.66. The first-order chi connectivity index (χ1) is 16.5. The fourth-order valence-corrected chi connectivity index (χ4v) is 4.65. The van der Waals surface area contributed by atoms with Gasteiger partial charge in [0.15, 0.2) is 5.82 Å². The van der Waals surface area contributed by atoms with E-state index in [0.717, 1.165) is 25.7 Å². The maximum Gasteiger partial charge on any atom is 0.296 e. The molecule has 0 unspecified atom stereocenters. The normalized spacial score (nSPS) is 21.4. The number of rotatable bonds is 6. The zero-order valence-electron chi connectivity index (χ0n) is 18.8. The number of nitrogens with zero attached hydrogens (tertiary/aromatic N) is 5. The van der Waals surface area contributed by atoms with Gasteiger partial charge in [-0.3, -0.25) is 4.57 Å². The number of nitrogens with two attached hydrogens (primary N) is 1. The van der Waals surface area contributed by atoms with Crippen molar-refractivity contribution < 1.29 is 17.9 Å². The molecule has 3 heterocycles. The van der Waals surface area contributed by atoms with E-state index in [-0.39, 0.29) is 22.9 Å².